The van der Waals surface area contributed by atoms with Gasteiger partial charge in [0, 0.05) is 43.5 Å². The maximum absolute atomic E-state index is 13.1. The standard InChI is InChI=1S/C21H28N4O2/c1-24-20(19(14-22-24)15-5-3-6-15)21(26)25-11-9-16(10-12-25)23-17-7-4-8-18(13-17)27-2/h4,7-8,13-16,23H,3,5-6,9-12H2,1-2H3. The van der Waals surface area contributed by atoms with Crippen molar-refractivity contribution in [3.8, 4) is 5.75 Å². The van der Waals surface area contributed by atoms with Crippen molar-refractivity contribution in [3.05, 3.63) is 41.7 Å². The van der Waals surface area contributed by atoms with Gasteiger partial charge in [-0.2, -0.15) is 5.10 Å². The lowest BCUT2D eigenvalue weighted by molar-refractivity contribution is 0.0705. The van der Waals surface area contributed by atoms with Crippen LogP contribution in [0.2, 0.25) is 0 Å². The number of benzene rings is 1. The highest BCUT2D eigenvalue weighted by atomic mass is 16.5. The lowest BCUT2D eigenvalue weighted by Gasteiger charge is -2.34. The Balaban J connectivity index is 1.38. The summed E-state index contributed by atoms with van der Waals surface area (Å²) in [6, 6.07) is 8.38. The number of anilines is 1. The molecule has 0 spiro atoms. The van der Waals surface area contributed by atoms with E-state index >= 15 is 0 Å². The van der Waals surface area contributed by atoms with E-state index in [0.29, 0.717) is 12.0 Å². The number of aromatic nitrogens is 2. The third-order valence-electron chi connectivity index (χ3n) is 5.94. The van der Waals surface area contributed by atoms with E-state index in [9.17, 15) is 4.79 Å². The molecule has 1 saturated carbocycles. The van der Waals surface area contributed by atoms with Gasteiger partial charge in [0.15, 0.2) is 0 Å². The number of rotatable bonds is 5. The number of carbonyl (C=O) groups is 1. The number of hydrogen-bond acceptors (Lipinski definition) is 4. The van der Waals surface area contributed by atoms with Crippen LogP contribution in [-0.4, -0.2) is 46.8 Å². The molecule has 1 aliphatic heterocycles. The Morgan fingerprint density at radius 1 is 1.22 bits per heavy atom. The molecule has 0 bridgehead atoms. The van der Waals surface area contributed by atoms with E-state index in [0.717, 1.165) is 48.6 Å². The fourth-order valence-corrected chi connectivity index (χ4v) is 4.06. The molecule has 6 heteroatoms. The van der Waals surface area contributed by atoms with Gasteiger partial charge in [0.1, 0.15) is 11.4 Å². The van der Waals surface area contributed by atoms with Crippen LogP contribution < -0.4 is 10.1 Å². The van der Waals surface area contributed by atoms with Gasteiger partial charge in [-0.15, -0.1) is 0 Å². The van der Waals surface area contributed by atoms with Crippen LogP contribution in [-0.2, 0) is 7.05 Å². The number of amides is 1. The highest BCUT2D eigenvalue weighted by Gasteiger charge is 2.31. The van der Waals surface area contributed by atoms with Gasteiger partial charge in [-0.25, -0.2) is 0 Å². The SMILES string of the molecule is COc1cccc(NC2CCN(C(=O)c3c(C4CCC4)cnn3C)CC2)c1. The summed E-state index contributed by atoms with van der Waals surface area (Å²) in [6.07, 6.45) is 7.40. The molecule has 1 aliphatic carbocycles. The van der Waals surface area contributed by atoms with Crippen molar-refractivity contribution < 1.29 is 9.53 Å². The van der Waals surface area contributed by atoms with Crippen LogP contribution in [0.3, 0.4) is 0 Å². The van der Waals surface area contributed by atoms with Crippen LogP contribution in [0.1, 0.15) is 54.1 Å². The van der Waals surface area contributed by atoms with Gasteiger partial charge in [0.25, 0.3) is 5.91 Å². The number of methoxy groups -OCH3 is 1. The monoisotopic (exact) mass is 368 g/mol. The number of carbonyl (C=O) groups excluding carboxylic acids is 1. The first kappa shape index (κ1) is 17.9. The number of aryl methyl sites for hydroxylation is 1. The molecule has 144 valence electrons. The molecule has 2 fully saturated rings. The number of hydrogen-bond donors (Lipinski definition) is 1. The van der Waals surface area contributed by atoms with E-state index in [4.69, 9.17) is 4.74 Å². The minimum atomic E-state index is 0.136. The first-order valence-electron chi connectivity index (χ1n) is 9.87. The van der Waals surface area contributed by atoms with Crippen LogP contribution in [0, 0.1) is 0 Å². The molecular weight excluding hydrogens is 340 g/mol. The minimum absolute atomic E-state index is 0.136. The molecule has 1 N–H and O–H groups in total. The molecule has 6 nitrogen and oxygen atoms in total. The topological polar surface area (TPSA) is 59.4 Å². The van der Waals surface area contributed by atoms with E-state index in [1.165, 1.54) is 19.3 Å². The second-order valence-corrected chi connectivity index (χ2v) is 7.64. The zero-order valence-corrected chi connectivity index (χ0v) is 16.1. The van der Waals surface area contributed by atoms with Crippen LogP contribution in [0.25, 0.3) is 0 Å². The van der Waals surface area contributed by atoms with Crippen LogP contribution in [0.5, 0.6) is 5.75 Å². The van der Waals surface area contributed by atoms with Gasteiger partial charge in [-0.1, -0.05) is 12.5 Å². The maximum Gasteiger partial charge on any atom is 0.272 e. The zero-order chi connectivity index (χ0) is 18.8. The van der Waals surface area contributed by atoms with Crippen LogP contribution in [0.15, 0.2) is 30.5 Å². The highest BCUT2D eigenvalue weighted by molar-refractivity contribution is 5.94. The molecule has 2 aliphatic rings. The lowest BCUT2D eigenvalue weighted by Crippen LogP contribution is -2.43. The van der Waals surface area contributed by atoms with Crippen molar-refractivity contribution in [2.75, 3.05) is 25.5 Å². The Kier molecular flexibility index (Phi) is 5.05. The predicted molar refractivity (Wildman–Crippen MR) is 105 cm³/mol. The Morgan fingerprint density at radius 3 is 2.67 bits per heavy atom. The van der Waals surface area contributed by atoms with Gasteiger partial charge in [-0.3, -0.25) is 9.48 Å². The Labute approximate surface area is 160 Å². The van der Waals surface area contributed by atoms with Gasteiger partial charge in [0.2, 0.25) is 0 Å². The number of likely N-dealkylation sites (tertiary alicyclic amines) is 1. The van der Waals surface area contributed by atoms with Crippen LogP contribution in [0.4, 0.5) is 5.69 Å². The van der Waals surface area contributed by atoms with Crippen molar-refractivity contribution >= 4 is 11.6 Å². The number of nitrogens with one attached hydrogen (secondary N) is 1. The average molecular weight is 368 g/mol. The zero-order valence-electron chi connectivity index (χ0n) is 16.1. The normalized spacial score (nSPS) is 18.2. The first-order valence-corrected chi connectivity index (χ1v) is 9.87. The van der Waals surface area contributed by atoms with E-state index in [-0.39, 0.29) is 5.91 Å². The second kappa shape index (κ2) is 7.62. The fraction of sp³-hybridized carbons (Fsp3) is 0.524. The van der Waals surface area contributed by atoms with Gasteiger partial charge < -0.3 is 15.0 Å². The summed E-state index contributed by atoms with van der Waals surface area (Å²) in [5, 5.41) is 7.94. The molecular formula is C21H28N4O2. The molecule has 0 radical (unpaired) electrons. The minimum Gasteiger partial charge on any atom is -0.497 e. The summed E-state index contributed by atoms with van der Waals surface area (Å²) >= 11 is 0. The molecule has 1 aromatic carbocycles. The smallest absolute Gasteiger partial charge is 0.272 e. The Hall–Kier alpha value is -2.50. The molecule has 0 unspecified atom stereocenters. The molecule has 1 amide bonds. The van der Waals surface area contributed by atoms with Crippen molar-refractivity contribution in [1.82, 2.24) is 14.7 Å². The number of nitrogens with zero attached hydrogens (tertiary/aromatic N) is 3. The van der Waals surface area contributed by atoms with Gasteiger partial charge in [-0.05, 0) is 43.7 Å². The molecule has 1 saturated heterocycles. The molecule has 4 rings (SSSR count). The first-order chi connectivity index (χ1) is 13.2. The number of ether oxygens (including phenoxy) is 1. The van der Waals surface area contributed by atoms with E-state index < -0.39 is 0 Å². The second-order valence-electron chi connectivity index (χ2n) is 7.64. The third-order valence-corrected chi connectivity index (χ3v) is 5.94. The van der Waals surface area contributed by atoms with Crippen molar-refractivity contribution in [1.29, 1.82) is 0 Å². The van der Waals surface area contributed by atoms with Gasteiger partial charge >= 0.3 is 0 Å². The van der Waals surface area contributed by atoms with Crippen molar-refractivity contribution in [2.24, 2.45) is 7.05 Å². The fourth-order valence-electron chi connectivity index (χ4n) is 4.06. The quantitative estimate of drug-likeness (QED) is 0.879. The molecule has 2 heterocycles. The third kappa shape index (κ3) is 3.66. The van der Waals surface area contributed by atoms with E-state index in [1.807, 2.05) is 36.3 Å². The van der Waals surface area contributed by atoms with Gasteiger partial charge in [0.05, 0.1) is 13.3 Å². The average Bonchev–Trinajstić information content (AvgIpc) is 3.01. The summed E-state index contributed by atoms with van der Waals surface area (Å²) in [5.41, 5.74) is 3.00. The summed E-state index contributed by atoms with van der Waals surface area (Å²) in [4.78, 5) is 15.1. The summed E-state index contributed by atoms with van der Waals surface area (Å²) < 4.78 is 7.05. The van der Waals surface area contributed by atoms with Crippen molar-refractivity contribution in [3.63, 3.8) is 0 Å². The summed E-state index contributed by atoms with van der Waals surface area (Å²) in [5.74, 6) is 1.51. The molecule has 2 aromatic rings. The summed E-state index contributed by atoms with van der Waals surface area (Å²) in [6.45, 7) is 1.55. The summed E-state index contributed by atoms with van der Waals surface area (Å²) in [7, 11) is 3.56. The highest BCUT2D eigenvalue weighted by Crippen LogP contribution is 2.38. The Bertz CT molecular complexity index is 804. The van der Waals surface area contributed by atoms with Crippen molar-refractivity contribution in [2.45, 2.75) is 44.1 Å². The molecule has 0 atom stereocenters. The lowest BCUT2D eigenvalue weighted by atomic mass is 9.80. The number of piperidine rings is 1. The van der Waals surface area contributed by atoms with E-state index in [2.05, 4.69) is 16.5 Å². The molecule has 1 aromatic heterocycles. The molecule has 27 heavy (non-hydrogen) atoms. The van der Waals surface area contributed by atoms with Crippen LogP contribution >= 0.6 is 0 Å². The van der Waals surface area contributed by atoms with E-state index in [1.54, 1.807) is 11.8 Å². The maximum atomic E-state index is 13.1. The predicted octanol–water partition coefficient (Wildman–Crippen LogP) is 3.41. The largest absolute Gasteiger partial charge is 0.497 e. The Morgan fingerprint density at radius 2 is 2.00 bits per heavy atom.